The Hall–Kier alpha value is -2.04. The number of rotatable bonds is 3. The molecule has 0 bridgehead atoms. The largest absolute Gasteiger partial charge is 0.495 e. The van der Waals surface area contributed by atoms with E-state index in [1.54, 1.807) is 7.11 Å². The van der Waals surface area contributed by atoms with Gasteiger partial charge in [-0.1, -0.05) is 12.1 Å². The normalized spacial score (nSPS) is 14.2. The summed E-state index contributed by atoms with van der Waals surface area (Å²) in [6, 6.07) is 6.28. The van der Waals surface area contributed by atoms with Gasteiger partial charge in [0.15, 0.2) is 5.82 Å². The molecule has 0 spiro atoms. The Labute approximate surface area is 119 Å². The minimum atomic E-state index is 0.769. The summed E-state index contributed by atoms with van der Waals surface area (Å²) >= 11 is 0. The number of hydrogen-bond donors (Lipinski definition) is 0. The summed E-state index contributed by atoms with van der Waals surface area (Å²) in [5.74, 6) is 2.87. The first-order valence-corrected chi connectivity index (χ1v) is 6.96. The summed E-state index contributed by atoms with van der Waals surface area (Å²) < 4.78 is 7.58. The Morgan fingerprint density at radius 1 is 1.30 bits per heavy atom. The molecule has 0 saturated heterocycles. The third-order valence-electron chi connectivity index (χ3n) is 4.01. The van der Waals surface area contributed by atoms with Crippen molar-refractivity contribution in [2.75, 3.05) is 18.6 Å². The maximum absolute atomic E-state index is 5.53. The third-order valence-corrected chi connectivity index (χ3v) is 4.01. The van der Waals surface area contributed by atoms with Crippen molar-refractivity contribution in [2.45, 2.75) is 26.3 Å². The molecule has 106 valence electrons. The minimum Gasteiger partial charge on any atom is -0.495 e. The molecule has 0 saturated carbocycles. The minimum absolute atomic E-state index is 0.769. The molecule has 5 nitrogen and oxygen atoms in total. The van der Waals surface area contributed by atoms with Crippen LogP contribution in [-0.2, 0) is 20.0 Å². The zero-order valence-corrected chi connectivity index (χ0v) is 12.3. The average molecular weight is 272 g/mol. The van der Waals surface area contributed by atoms with Crippen LogP contribution in [-0.4, -0.2) is 28.4 Å². The van der Waals surface area contributed by atoms with Crippen molar-refractivity contribution in [3.05, 3.63) is 35.4 Å². The molecular formula is C15H20N4O. The second-order valence-electron chi connectivity index (χ2n) is 5.22. The van der Waals surface area contributed by atoms with Crippen LogP contribution in [0.1, 0.15) is 23.6 Å². The van der Waals surface area contributed by atoms with E-state index in [0.29, 0.717) is 0 Å². The molecule has 0 radical (unpaired) electrons. The monoisotopic (exact) mass is 272 g/mol. The van der Waals surface area contributed by atoms with Crippen LogP contribution in [0.25, 0.3) is 0 Å². The van der Waals surface area contributed by atoms with E-state index in [-0.39, 0.29) is 0 Å². The van der Waals surface area contributed by atoms with Gasteiger partial charge in [0.1, 0.15) is 11.6 Å². The van der Waals surface area contributed by atoms with Crippen LogP contribution < -0.4 is 9.64 Å². The summed E-state index contributed by atoms with van der Waals surface area (Å²) in [4.78, 5) is 2.35. The molecule has 0 fully saturated rings. The van der Waals surface area contributed by atoms with E-state index >= 15 is 0 Å². The first-order valence-electron chi connectivity index (χ1n) is 6.96. The van der Waals surface area contributed by atoms with Crippen molar-refractivity contribution >= 4 is 5.69 Å². The molecule has 1 aliphatic heterocycles. The van der Waals surface area contributed by atoms with Crippen LogP contribution >= 0.6 is 0 Å². The Morgan fingerprint density at radius 3 is 2.85 bits per heavy atom. The fourth-order valence-corrected chi connectivity index (χ4v) is 2.78. The number of nitrogens with zero attached hydrogens (tertiary/aromatic N) is 4. The Kier molecular flexibility index (Phi) is 3.34. The van der Waals surface area contributed by atoms with E-state index in [4.69, 9.17) is 4.74 Å². The summed E-state index contributed by atoms with van der Waals surface area (Å²) in [6.45, 7) is 3.77. The smallest absolute Gasteiger partial charge is 0.152 e. The second kappa shape index (κ2) is 5.15. The highest BCUT2D eigenvalue weighted by molar-refractivity contribution is 5.65. The van der Waals surface area contributed by atoms with E-state index in [9.17, 15) is 0 Å². The lowest BCUT2D eigenvalue weighted by atomic mass is 10.0. The van der Waals surface area contributed by atoms with Crippen molar-refractivity contribution in [1.29, 1.82) is 0 Å². The van der Waals surface area contributed by atoms with E-state index in [1.807, 2.05) is 24.6 Å². The average Bonchev–Trinajstić information content (AvgIpc) is 2.79. The van der Waals surface area contributed by atoms with Gasteiger partial charge >= 0.3 is 0 Å². The predicted octanol–water partition coefficient (Wildman–Crippen LogP) is 2.08. The molecular weight excluding hydrogens is 252 g/mol. The molecule has 1 aromatic heterocycles. The number of aromatic nitrogens is 3. The zero-order chi connectivity index (χ0) is 14.1. The summed E-state index contributed by atoms with van der Waals surface area (Å²) in [5, 5.41) is 8.40. The van der Waals surface area contributed by atoms with Crippen molar-refractivity contribution in [3.8, 4) is 5.75 Å². The van der Waals surface area contributed by atoms with Gasteiger partial charge in [0, 0.05) is 13.6 Å². The highest BCUT2D eigenvalue weighted by Gasteiger charge is 2.22. The number of methoxy groups -OCH3 is 1. The van der Waals surface area contributed by atoms with Crippen LogP contribution in [0.3, 0.4) is 0 Å². The Balaban J connectivity index is 1.95. The van der Waals surface area contributed by atoms with Crippen LogP contribution in [0.5, 0.6) is 5.75 Å². The van der Waals surface area contributed by atoms with E-state index < -0.39 is 0 Å². The van der Waals surface area contributed by atoms with Gasteiger partial charge in [-0.05, 0) is 31.4 Å². The molecule has 3 rings (SSSR count). The summed E-state index contributed by atoms with van der Waals surface area (Å²) in [7, 11) is 3.74. The number of fused-ring (bicyclic) bond motifs is 1. The molecule has 0 atom stereocenters. The molecule has 1 aliphatic rings. The van der Waals surface area contributed by atoms with Gasteiger partial charge < -0.3 is 14.2 Å². The number of hydrogen-bond acceptors (Lipinski definition) is 4. The molecule has 20 heavy (non-hydrogen) atoms. The van der Waals surface area contributed by atoms with Crippen LogP contribution in [0.2, 0.25) is 0 Å². The van der Waals surface area contributed by atoms with E-state index in [2.05, 4.69) is 27.2 Å². The van der Waals surface area contributed by atoms with Crippen molar-refractivity contribution in [2.24, 2.45) is 7.05 Å². The van der Waals surface area contributed by atoms with Gasteiger partial charge in [-0.3, -0.25) is 0 Å². The van der Waals surface area contributed by atoms with E-state index in [0.717, 1.165) is 43.3 Å². The summed E-state index contributed by atoms with van der Waals surface area (Å²) in [6.07, 6.45) is 2.28. The molecule has 2 aromatic rings. The fourth-order valence-electron chi connectivity index (χ4n) is 2.78. The molecule has 0 N–H and O–H groups in total. The first-order chi connectivity index (χ1) is 9.70. The van der Waals surface area contributed by atoms with Gasteiger partial charge in [-0.2, -0.15) is 0 Å². The SMILES string of the molecule is COc1cccc2c1N(Cc1nnc(C)n1C)CCC2. The lowest BCUT2D eigenvalue weighted by molar-refractivity contribution is 0.412. The van der Waals surface area contributed by atoms with Gasteiger partial charge in [0.25, 0.3) is 0 Å². The molecule has 0 aliphatic carbocycles. The van der Waals surface area contributed by atoms with E-state index in [1.165, 1.54) is 11.3 Å². The number of benzene rings is 1. The topological polar surface area (TPSA) is 43.2 Å². The highest BCUT2D eigenvalue weighted by atomic mass is 16.5. The van der Waals surface area contributed by atoms with Crippen molar-refractivity contribution < 1.29 is 4.74 Å². The Morgan fingerprint density at radius 2 is 2.15 bits per heavy atom. The number of aryl methyl sites for hydroxylation is 2. The van der Waals surface area contributed by atoms with Crippen molar-refractivity contribution in [3.63, 3.8) is 0 Å². The van der Waals surface area contributed by atoms with Gasteiger partial charge in [0.05, 0.1) is 19.3 Å². The molecule has 0 amide bonds. The van der Waals surface area contributed by atoms with Crippen LogP contribution in [0.4, 0.5) is 5.69 Å². The number of ether oxygens (including phenoxy) is 1. The quantitative estimate of drug-likeness (QED) is 0.858. The van der Waals surface area contributed by atoms with Crippen LogP contribution in [0.15, 0.2) is 18.2 Å². The highest BCUT2D eigenvalue weighted by Crippen LogP contribution is 2.36. The molecule has 2 heterocycles. The lowest BCUT2D eigenvalue weighted by Gasteiger charge is -2.32. The maximum Gasteiger partial charge on any atom is 0.152 e. The number of para-hydroxylation sites is 1. The van der Waals surface area contributed by atoms with Gasteiger partial charge in [0.2, 0.25) is 0 Å². The standard InChI is InChI=1S/C15H20N4O/c1-11-16-17-14(18(11)2)10-19-9-5-7-12-6-4-8-13(20-3)15(12)19/h4,6,8H,5,7,9-10H2,1-3H3. The predicted molar refractivity (Wildman–Crippen MR) is 78.1 cm³/mol. The fraction of sp³-hybridized carbons (Fsp3) is 0.467. The second-order valence-corrected chi connectivity index (χ2v) is 5.22. The summed E-state index contributed by atoms with van der Waals surface area (Å²) in [5.41, 5.74) is 2.57. The maximum atomic E-state index is 5.53. The van der Waals surface area contributed by atoms with Gasteiger partial charge in [-0.15, -0.1) is 10.2 Å². The van der Waals surface area contributed by atoms with Crippen LogP contribution in [0, 0.1) is 6.92 Å². The van der Waals surface area contributed by atoms with Crippen molar-refractivity contribution in [1.82, 2.24) is 14.8 Å². The number of anilines is 1. The zero-order valence-electron chi connectivity index (χ0n) is 12.3. The lowest BCUT2D eigenvalue weighted by Crippen LogP contribution is -2.30. The van der Waals surface area contributed by atoms with Gasteiger partial charge in [-0.25, -0.2) is 0 Å². The first kappa shape index (κ1) is 13.0. The molecule has 1 aromatic carbocycles. The third kappa shape index (κ3) is 2.13. The molecule has 0 unspecified atom stereocenters. The Bertz CT molecular complexity index is 606. The molecule has 5 heteroatoms.